The number of rotatable bonds is 3. The van der Waals surface area contributed by atoms with Crippen LogP contribution in [-0.4, -0.2) is 38.1 Å². The number of nitrogens with zero attached hydrogens (tertiary/aromatic N) is 1. The summed E-state index contributed by atoms with van der Waals surface area (Å²) in [5, 5.41) is 6.62. The SMILES string of the molecule is CNc1cc(CN2CCNCC2)ccc1C. The Hall–Kier alpha value is -1.06. The van der Waals surface area contributed by atoms with Gasteiger partial charge in [0.15, 0.2) is 0 Å². The van der Waals surface area contributed by atoms with Crippen molar-refractivity contribution >= 4 is 5.69 Å². The van der Waals surface area contributed by atoms with E-state index in [1.54, 1.807) is 0 Å². The summed E-state index contributed by atoms with van der Waals surface area (Å²) in [7, 11) is 1.98. The number of hydrogen-bond acceptors (Lipinski definition) is 3. The zero-order valence-corrected chi connectivity index (χ0v) is 10.2. The monoisotopic (exact) mass is 219 g/mol. The average Bonchev–Trinajstić information content (AvgIpc) is 2.33. The zero-order chi connectivity index (χ0) is 11.4. The fraction of sp³-hybridized carbons (Fsp3) is 0.538. The second-order valence-corrected chi connectivity index (χ2v) is 4.43. The molecular weight excluding hydrogens is 198 g/mol. The lowest BCUT2D eigenvalue weighted by Crippen LogP contribution is -2.42. The standard InChI is InChI=1S/C13H21N3/c1-11-3-4-12(9-13(11)14-2)10-16-7-5-15-6-8-16/h3-4,9,14-15H,5-8,10H2,1-2H3. The Labute approximate surface area is 97.8 Å². The van der Waals surface area contributed by atoms with Crippen molar-refractivity contribution in [3.63, 3.8) is 0 Å². The van der Waals surface area contributed by atoms with Crippen molar-refractivity contribution in [2.75, 3.05) is 38.5 Å². The minimum absolute atomic E-state index is 1.07. The summed E-state index contributed by atoms with van der Waals surface area (Å²) in [6, 6.07) is 6.69. The van der Waals surface area contributed by atoms with Crippen LogP contribution in [0.5, 0.6) is 0 Å². The van der Waals surface area contributed by atoms with Crippen molar-refractivity contribution in [1.82, 2.24) is 10.2 Å². The van der Waals surface area contributed by atoms with Crippen molar-refractivity contribution in [2.24, 2.45) is 0 Å². The van der Waals surface area contributed by atoms with E-state index < -0.39 is 0 Å². The fourth-order valence-corrected chi connectivity index (χ4v) is 2.16. The van der Waals surface area contributed by atoms with Crippen LogP contribution in [0.25, 0.3) is 0 Å². The van der Waals surface area contributed by atoms with Crippen molar-refractivity contribution in [3.8, 4) is 0 Å². The highest BCUT2D eigenvalue weighted by atomic mass is 15.2. The first-order valence-electron chi connectivity index (χ1n) is 6.00. The highest BCUT2D eigenvalue weighted by Gasteiger charge is 2.10. The molecule has 0 radical (unpaired) electrons. The van der Waals surface area contributed by atoms with Gasteiger partial charge < -0.3 is 10.6 Å². The van der Waals surface area contributed by atoms with E-state index in [0.717, 1.165) is 32.7 Å². The molecule has 16 heavy (non-hydrogen) atoms. The molecule has 3 heteroatoms. The molecule has 2 N–H and O–H groups in total. The third kappa shape index (κ3) is 2.74. The lowest BCUT2D eigenvalue weighted by atomic mass is 10.1. The van der Waals surface area contributed by atoms with Gasteiger partial charge in [-0.05, 0) is 24.1 Å². The van der Waals surface area contributed by atoms with E-state index in [9.17, 15) is 0 Å². The van der Waals surface area contributed by atoms with Crippen LogP contribution in [0.4, 0.5) is 5.69 Å². The highest BCUT2D eigenvalue weighted by Crippen LogP contribution is 2.17. The number of hydrogen-bond donors (Lipinski definition) is 2. The molecule has 0 aliphatic carbocycles. The Balaban J connectivity index is 2.03. The number of piperazine rings is 1. The number of benzene rings is 1. The minimum atomic E-state index is 1.07. The van der Waals surface area contributed by atoms with E-state index in [1.165, 1.54) is 16.8 Å². The Morgan fingerprint density at radius 1 is 1.31 bits per heavy atom. The Morgan fingerprint density at radius 2 is 2.06 bits per heavy atom. The summed E-state index contributed by atoms with van der Waals surface area (Å²) in [6.07, 6.45) is 0. The summed E-state index contributed by atoms with van der Waals surface area (Å²) in [4.78, 5) is 2.50. The molecule has 1 aliphatic rings. The Morgan fingerprint density at radius 3 is 2.75 bits per heavy atom. The van der Waals surface area contributed by atoms with Gasteiger partial charge in [0.1, 0.15) is 0 Å². The van der Waals surface area contributed by atoms with Gasteiger partial charge in [0.2, 0.25) is 0 Å². The van der Waals surface area contributed by atoms with E-state index >= 15 is 0 Å². The molecule has 88 valence electrons. The normalized spacial score (nSPS) is 17.4. The first-order valence-corrected chi connectivity index (χ1v) is 6.00. The molecule has 0 unspecified atom stereocenters. The van der Waals surface area contributed by atoms with Gasteiger partial charge in [0.05, 0.1) is 0 Å². The molecule has 1 aromatic rings. The molecule has 1 fully saturated rings. The van der Waals surface area contributed by atoms with Crippen LogP contribution in [0, 0.1) is 6.92 Å². The second kappa shape index (κ2) is 5.32. The van der Waals surface area contributed by atoms with Crippen LogP contribution < -0.4 is 10.6 Å². The summed E-state index contributed by atoms with van der Waals surface area (Å²) in [5.74, 6) is 0. The van der Waals surface area contributed by atoms with E-state index in [-0.39, 0.29) is 0 Å². The van der Waals surface area contributed by atoms with E-state index in [2.05, 4.69) is 40.7 Å². The Bertz CT molecular complexity index is 343. The van der Waals surface area contributed by atoms with Gasteiger partial charge in [-0.15, -0.1) is 0 Å². The molecule has 2 rings (SSSR count). The van der Waals surface area contributed by atoms with Gasteiger partial charge in [-0.3, -0.25) is 4.90 Å². The highest BCUT2D eigenvalue weighted by molar-refractivity contribution is 5.52. The second-order valence-electron chi connectivity index (χ2n) is 4.43. The maximum absolute atomic E-state index is 3.38. The largest absolute Gasteiger partial charge is 0.388 e. The molecule has 0 spiro atoms. The maximum atomic E-state index is 3.38. The van der Waals surface area contributed by atoms with Crippen LogP contribution in [0.3, 0.4) is 0 Å². The summed E-state index contributed by atoms with van der Waals surface area (Å²) in [5.41, 5.74) is 3.95. The van der Waals surface area contributed by atoms with Crippen LogP contribution >= 0.6 is 0 Å². The quantitative estimate of drug-likeness (QED) is 0.805. The molecule has 1 aromatic carbocycles. The lowest BCUT2D eigenvalue weighted by molar-refractivity contribution is 0.233. The minimum Gasteiger partial charge on any atom is -0.388 e. The van der Waals surface area contributed by atoms with Crippen molar-refractivity contribution in [1.29, 1.82) is 0 Å². The maximum Gasteiger partial charge on any atom is 0.0370 e. The molecule has 0 amide bonds. The molecule has 1 saturated heterocycles. The predicted molar refractivity (Wildman–Crippen MR) is 68.9 cm³/mol. The first kappa shape index (κ1) is 11.4. The smallest absolute Gasteiger partial charge is 0.0370 e. The molecule has 0 atom stereocenters. The molecule has 1 heterocycles. The third-order valence-corrected chi connectivity index (χ3v) is 3.19. The summed E-state index contributed by atoms with van der Waals surface area (Å²) >= 11 is 0. The average molecular weight is 219 g/mol. The van der Waals surface area contributed by atoms with E-state index in [4.69, 9.17) is 0 Å². The van der Waals surface area contributed by atoms with Crippen LogP contribution in [0.1, 0.15) is 11.1 Å². The molecule has 0 saturated carbocycles. The van der Waals surface area contributed by atoms with Crippen molar-refractivity contribution in [3.05, 3.63) is 29.3 Å². The molecule has 0 aromatic heterocycles. The number of aryl methyl sites for hydroxylation is 1. The lowest BCUT2D eigenvalue weighted by Gasteiger charge is -2.27. The predicted octanol–water partition coefficient (Wildman–Crippen LogP) is 1.44. The van der Waals surface area contributed by atoms with Gasteiger partial charge >= 0.3 is 0 Å². The van der Waals surface area contributed by atoms with Gasteiger partial charge in [-0.1, -0.05) is 12.1 Å². The zero-order valence-electron chi connectivity index (χ0n) is 10.2. The van der Waals surface area contributed by atoms with E-state index in [1.807, 2.05) is 7.05 Å². The van der Waals surface area contributed by atoms with Gasteiger partial charge in [-0.2, -0.15) is 0 Å². The van der Waals surface area contributed by atoms with Gasteiger partial charge in [-0.25, -0.2) is 0 Å². The molecule has 1 aliphatic heterocycles. The van der Waals surface area contributed by atoms with Crippen LogP contribution in [-0.2, 0) is 6.54 Å². The third-order valence-electron chi connectivity index (χ3n) is 3.19. The number of nitrogens with one attached hydrogen (secondary N) is 2. The van der Waals surface area contributed by atoms with Crippen LogP contribution in [0.2, 0.25) is 0 Å². The van der Waals surface area contributed by atoms with Crippen molar-refractivity contribution < 1.29 is 0 Å². The first-order chi connectivity index (χ1) is 7.79. The summed E-state index contributed by atoms with van der Waals surface area (Å²) in [6.45, 7) is 7.75. The summed E-state index contributed by atoms with van der Waals surface area (Å²) < 4.78 is 0. The van der Waals surface area contributed by atoms with Gasteiger partial charge in [0.25, 0.3) is 0 Å². The molecule has 0 bridgehead atoms. The molecule has 3 nitrogen and oxygen atoms in total. The number of anilines is 1. The topological polar surface area (TPSA) is 27.3 Å². The Kier molecular flexibility index (Phi) is 3.80. The van der Waals surface area contributed by atoms with Gasteiger partial charge in [0, 0.05) is 45.5 Å². The fourth-order valence-electron chi connectivity index (χ4n) is 2.16. The van der Waals surface area contributed by atoms with Crippen LogP contribution in [0.15, 0.2) is 18.2 Å². The van der Waals surface area contributed by atoms with E-state index in [0.29, 0.717) is 0 Å². The molecular formula is C13H21N3. The van der Waals surface area contributed by atoms with Crippen molar-refractivity contribution in [2.45, 2.75) is 13.5 Å².